The number of carbonyl (C=O) groups excluding carboxylic acids is 3. The van der Waals surface area contributed by atoms with Crippen molar-refractivity contribution in [3.63, 3.8) is 0 Å². The van der Waals surface area contributed by atoms with Crippen LogP contribution in [0, 0.1) is 18.2 Å². The third-order valence-corrected chi connectivity index (χ3v) is 4.78. The van der Waals surface area contributed by atoms with Gasteiger partial charge >= 0.3 is 0 Å². The van der Waals surface area contributed by atoms with E-state index in [0.717, 1.165) is 6.07 Å². The number of hydrogen-bond donors (Lipinski definition) is 4. The van der Waals surface area contributed by atoms with Crippen molar-refractivity contribution in [1.82, 2.24) is 10.6 Å². The number of carbonyl (C=O) groups is 3. The van der Waals surface area contributed by atoms with Crippen molar-refractivity contribution in [3.8, 4) is 11.1 Å². The first-order valence-electron chi connectivity index (χ1n) is 10.3. The van der Waals surface area contributed by atoms with Crippen LogP contribution in [0.4, 0.5) is 4.39 Å². The molecule has 0 unspecified atom stereocenters. The predicted octanol–water partition coefficient (Wildman–Crippen LogP) is 2.79. The van der Waals surface area contributed by atoms with Crippen molar-refractivity contribution >= 4 is 17.7 Å². The van der Waals surface area contributed by atoms with Crippen LogP contribution in [0.5, 0.6) is 0 Å². The summed E-state index contributed by atoms with van der Waals surface area (Å²) in [7, 11) is 0. The second-order valence-corrected chi connectivity index (χ2v) is 9.06. The summed E-state index contributed by atoms with van der Waals surface area (Å²) in [6.07, 6.45) is -0.757. The van der Waals surface area contributed by atoms with Gasteiger partial charge in [0.25, 0.3) is 11.8 Å². The molecule has 1 atom stereocenters. The fraction of sp³-hybridized carbons (Fsp3) is 0.375. The van der Waals surface area contributed by atoms with E-state index in [1.54, 1.807) is 0 Å². The molecule has 172 valence electrons. The number of nitrogens with two attached hydrogens (primary N) is 1. The maximum atomic E-state index is 14.6. The van der Waals surface area contributed by atoms with Gasteiger partial charge in [0.05, 0.1) is 6.10 Å². The lowest BCUT2D eigenvalue weighted by atomic mass is 9.92. The molecule has 7 nitrogen and oxygen atoms in total. The van der Waals surface area contributed by atoms with E-state index in [2.05, 4.69) is 10.6 Å². The van der Waals surface area contributed by atoms with E-state index >= 15 is 0 Å². The first-order chi connectivity index (χ1) is 14.8. The van der Waals surface area contributed by atoms with Gasteiger partial charge in [-0.1, -0.05) is 26.8 Å². The lowest BCUT2D eigenvalue weighted by Crippen LogP contribution is -2.32. The highest BCUT2D eigenvalue weighted by molar-refractivity contribution is 6.04. The van der Waals surface area contributed by atoms with E-state index in [9.17, 15) is 23.9 Å². The van der Waals surface area contributed by atoms with Gasteiger partial charge in [-0.2, -0.15) is 0 Å². The Balaban J connectivity index is 2.49. The largest absolute Gasteiger partial charge is 0.392 e. The van der Waals surface area contributed by atoms with Crippen molar-refractivity contribution in [2.75, 3.05) is 13.1 Å². The molecule has 0 spiro atoms. The maximum absolute atomic E-state index is 14.6. The molecule has 0 saturated carbocycles. The molecular weight excluding hydrogens is 413 g/mol. The van der Waals surface area contributed by atoms with E-state index in [1.165, 1.54) is 38.1 Å². The molecule has 0 bridgehead atoms. The summed E-state index contributed by atoms with van der Waals surface area (Å²) >= 11 is 0. The Morgan fingerprint density at radius 1 is 1.03 bits per heavy atom. The average Bonchev–Trinajstić information content (AvgIpc) is 2.71. The second kappa shape index (κ2) is 9.91. The predicted molar refractivity (Wildman–Crippen MR) is 121 cm³/mol. The van der Waals surface area contributed by atoms with Crippen LogP contribution in [0.2, 0.25) is 0 Å². The number of halogens is 1. The number of aliphatic hydroxyl groups excluding tert-OH is 1. The number of aliphatic hydroxyl groups is 1. The zero-order chi connectivity index (χ0) is 24.2. The van der Waals surface area contributed by atoms with Crippen LogP contribution in [-0.2, 0) is 0 Å². The lowest BCUT2D eigenvalue weighted by Gasteiger charge is -2.19. The molecule has 2 aromatic carbocycles. The summed E-state index contributed by atoms with van der Waals surface area (Å²) in [4.78, 5) is 37.1. The van der Waals surface area contributed by atoms with Gasteiger partial charge in [0.2, 0.25) is 5.91 Å². The summed E-state index contributed by atoms with van der Waals surface area (Å²) in [5.74, 6) is -2.34. The number of amides is 3. The van der Waals surface area contributed by atoms with Crippen molar-refractivity contribution in [3.05, 3.63) is 58.4 Å². The van der Waals surface area contributed by atoms with Crippen molar-refractivity contribution in [1.29, 1.82) is 0 Å². The molecule has 0 aromatic heterocycles. The quantitative estimate of drug-likeness (QED) is 0.526. The standard InChI is InChI=1S/C24H30FN3O4/c1-13(29)11-27-23(32)16-9-18(14(2)20(25)10-16)17-7-6-15(8-19(17)21(26)30)22(31)28-12-24(3,4)5/h6-10,13,29H,11-12H2,1-5H3,(H2,26,30)(H,27,32)(H,28,31)/t13-/m1/s1. The number of nitrogens with one attached hydrogen (secondary N) is 2. The molecular formula is C24H30FN3O4. The van der Waals surface area contributed by atoms with Crippen molar-refractivity contribution in [2.24, 2.45) is 11.1 Å². The Labute approximate surface area is 187 Å². The Hall–Kier alpha value is -3.26. The van der Waals surface area contributed by atoms with Gasteiger partial charge in [0, 0.05) is 29.8 Å². The summed E-state index contributed by atoms with van der Waals surface area (Å²) in [5, 5.41) is 14.7. The molecule has 0 aliphatic heterocycles. The molecule has 32 heavy (non-hydrogen) atoms. The van der Waals surface area contributed by atoms with Gasteiger partial charge in [-0.15, -0.1) is 0 Å². The fourth-order valence-electron chi connectivity index (χ4n) is 3.00. The molecule has 0 fully saturated rings. The minimum Gasteiger partial charge on any atom is -0.392 e. The summed E-state index contributed by atoms with van der Waals surface area (Å²) < 4.78 is 14.6. The Bertz CT molecular complexity index is 1040. The first-order valence-corrected chi connectivity index (χ1v) is 10.3. The Morgan fingerprint density at radius 3 is 2.22 bits per heavy atom. The molecule has 0 saturated heterocycles. The molecule has 8 heteroatoms. The monoisotopic (exact) mass is 443 g/mol. The smallest absolute Gasteiger partial charge is 0.251 e. The van der Waals surface area contributed by atoms with Gasteiger partial charge in [-0.3, -0.25) is 14.4 Å². The van der Waals surface area contributed by atoms with E-state index in [4.69, 9.17) is 5.73 Å². The molecule has 0 aliphatic carbocycles. The average molecular weight is 444 g/mol. The number of rotatable bonds is 7. The summed E-state index contributed by atoms with van der Waals surface area (Å²) in [6.45, 7) is 9.42. The zero-order valence-electron chi connectivity index (χ0n) is 19.0. The van der Waals surface area contributed by atoms with E-state index in [-0.39, 0.29) is 40.1 Å². The lowest BCUT2D eigenvalue weighted by molar-refractivity contribution is 0.0921. The first kappa shape index (κ1) is 25.0. The Kier molecular flexibility index (Phi) is 7.74. The minimum atomic E-state index is -0.783. The van der Waals surface area contributed by atoms with E-state index in [1.807, 2.05) is 20.8 Å². The number of primary amides is 1. The van der Waals surface area contributed by atoms with Crippen LogP contribution < -0.4 is 16.4 Å². The van der Waals surface area contributed by atoms with Crippen LogP contribution in [0.15, 0.2) is 30.3 Å². The maximum Gasteiger partial charge on any atom is 0.251 e. The highest BCUT2D eigenvalue weighted by atomic mass is 19.1. The van der Waals surface area contributed by atoms with Crippen molar-refractivity contribution < 1.29 is 23.9 Å². The topological polar surface area (TPSA) is 122 Å². The van der Waals surface area contributed by atoms with Crippen LogP contribution in [0.25, 0.3) is 11.1 Å². The summed E-state index contributed by atoms with van der Waals surface area (Å²) in [5.41, 5.74) is 6.61. The van der Waals surface area contributed by atoms with Crippen molar-refractivity contribution in [2.45, 2.75) is 40.7 Å². The van der Waals surface area contributed by atoms with E-state index < -0.39 is 23.7 Å². The fourth-order valence-corrected chi connectivity index (χ4v) is 3.00. The van der Waals surface area contributed by atoms with Gasteiger partial charge in [-0.05, 0) is 60.2 Å². The molecule has 0 heterocycles. The second-order valence-electron chi connectivity index (χ2n) is 9.06. The molecule has 2 rings (SSSR count). The molecule has 0 radical (unpaired) electrons. The number of hydrogen-bond acceptors (Lipinski definition) is 4. The Morgan fingerprint density at radius 2 is 1.66 bits per heavy atom. The van der Waals surface area contributed by atoms with Crippen LogP contribution in [0.3, 0.4) is 0 Å². The molecule has 3 amide bonds. The number of benzene rings is 2. The van der Waals surface area contributed by atoms with Crippen LogP contribution >= 0.6 is 0 Å². The van der Waals surface area contributed by atoms with Crippen LogP contribution in [-0.4, -0.2) is 42.0 Å². The van der Waals surface area contributed by atoms with Gasteiger partial charge in [0.15, 0.2) is 0 Å². The van der Waals surface area contributed by atoms with E-state index in [0.29, 0.717) is 17.7 Å². The van der Waals surface area contributed by atoms with Gasteiger partial charge in [-0.25, -0.2) is 4.39 Å². The molecule has 5 N–H and O–H groups in total. The highest BCUT2D eigenvalue weighted by Gasteiger charge is 2.20. The molecule has 0 aliphatic rings. The third kappa shape index (κ3) is 6.37. The van der Waals surface area contributed by atoms with Gasteiger partial charge < -0.3 is 21.5 Å². The highest BCUT2D eigenvalue weighted by Crippen LogP contribution is 2.30. The SMILES string of the molecule is Cc1c(F)cc(C(=O)NC[C@@H](C)O)cc1-c1ccc(C(=O)NCC(C)(C)C)cc1C(N)=O. The minimum absolute atomic E-state index is 0.00850. The zero-order valence-corrected chi connectivity index (χ0v) is 19.0. The normalized spacial score (nSPS) is 12.2. The van der Waals surface area contributed by atoms with Gasteiger partial charge in [0.1, 0.15) is 5.82 Å². The third-order valence-electron chi connectivity index (χ3n) is 4.78. The van der Waals surface area contributed by atoms with Crippen LogP contribution in [0.1, 0.15) is 64.3 Å². The summed E-state index contributed by atoms with van der Waals surface area (Å²) in [6, 6.07) is 6.96. The molecule has 2 aromatic rings.